The first kappa shape index (κ1) is 11.5. The van der Waals surface area contributed by atoms with Crippen LogP contribution in [0.3, 0.4) is 0 Å². The fourth-order valence-electron chi connectivity index (χ4n) is 1.92. The molecule has 0 bridgehead atoms. The van der Waals surface area contributed by atoms with E-state index in [0.29, 0.717) is 12.8 Å². The number of esters is 1. The molecule has 0 unspecified atom stereocenters. The SMILES string of the molecule is COC(=O)CCc1cc(O)cc2ccccc12. The summed E-state index contributed by atoms with van der Waals surface area (Å²) in [7, 11) is 1.38. The van der Waals surface area contributed by atoms with E-state index in [1.807, 2.05) is 24.3 Å². The Balaban J connectivity index is 2.35. The molecule has 0 aromatic heterocycles. The summed E-state index contributed by atoms with van der Waals surface area (Å²) in [4.78, 5) is 11.1. The van der Waals surface area contributed by atoms with Gasteiger partial charge >= 0.3 is 5.97 Å². The molecular formula is C14H14O3. The van der Waals surface area contributed by atoms with Crippen molar-refractivity contribution in [2.45, 2.75) is 12.8 Å². The Labute approximate surface area is 99.6 Å². The Kier molecular flexibility index (Phi) is 3.28. The van der Waals surface area contributed by atoms with E-state index in [9.17, 15) is 9.90 Å². The zero-order valence-electron chi connectivity index (χ0n) is 9.64. The highest BCUT2D eigenvalue weighted by atomic mass is 16.5. The van der Waals surface area contributed by atoms with Crippen molar-refractivity contribution in [3.63, 3.8) is 0 Å². The van der Waals surface area contributed by atoms with Crippen molar-refractivity contribution in [3.05, 3.63) is 42.0 Å². The Morgan fingerprint density at radius 3 is 2.82 bits per heavy atom. The molecule has 0 aliphatic carbocycles. The quantitative estimate of drug-likeness (QED) is 0.824. The molecule has 2 aromatic carbocycles. The highest BCUT2D eigenvalue weighted by molar-refractivity contribution is 5.87. The van der Waals surface area contributed by atoms with Gasteiger partial charge in [0.25, 0.3) is 0 Å². The third-order valence-corrected chi connectivity index (χ3v) is 2.76. The molecule has 0 amide bonds. The number of hydrogen-bond acceptors (Lipinski definition) is 3. The number of ether oxygens (including phenoxy) is 1. The number of fused-ring (bicyclic) bond motifs is 1. The number of phenolic OH excluding ortho intramolecular Hbond substituents is 1. The molecule has 0 fully saturated rings. The number of rotatable bonds is 3. The van der Waals surface area contributed by atoms with Crippen LogP contribution in [0.5, 0.6) is 5.75 Å². The lowest BCUT2D eigenvalue weighted by Gasteiger charge is -2.07. The first-order chi connectivity index (χ1) is 8.20. The van der Waals surface area contributed by atoms with Gasteiger partial charge in [0, 0.05) is 6.42 Å². The normalized spacial score (nSPS) is 10.4. The van der Waals surface area contributed by atoms with Crippen LogP contribution < -0.4 is 0 Å². The monoisotopic (exact) mass is 230 g/mol. The van der Waals surface area contributed by atoms with Gasteiger partial charge in [0.2, 0.25) is 0 Å². The van der Waals surface area contributed by atoms with Gasteiger partial charge in [-0.2, -0.15) is 0 Å². The number of methoxy groups -OCH3 is 1. The molecule has 0 saturated carbocycles. The summed E-state index contributed by atoms with van der Waals surface area (Å²) in [5, 5.41) is 11.7. The van der Waals surface area contributed by atoms with Gasteiger partial charge in [-0.25, -0.2) is 0 Å². The van der Waals surface area contributed by atoms with Gasteiger partial charge < -0.3 is 9.84 Å². The second-order valence-electron chi connectivity index (χ2n) is 3.90. The summed E-state index contributed by atoms with van der Waals surface area (Å²) in [6.07, 6.45) is 0.894. The summed E-state index contributed by atoms with van der Waals surface area (Å²) >= 11 is 0. The lowest BCUT2D eigenvalue weighted by atomic mass is 10.0. The number of phenols is 1. The van der Waals surface area contributed by atoms with Gasteiger partial charge in [0.15, 0.2) is 0 Å². The fraction of sp³-hybridized carbons (Fsp3) is 0.214. The van der Waals surface area contributed by atoms with E-state index >= 15 is 0 Å². The maximum atomic E-state index is 11.1. The van der Waals surface area contributed by atoms with Crippen LogP contribution in [-0.4, -0.2) is 18.2 Å². The van der Waals surface area contributed by atoms with E-state index in [-0.39, 0.29) is 11.7 Å². The van der Waals surface area contributed by atoms with Crippen molar-refractivity contribution >= 4 is 16.7 Å². The van der Waals surface area contributed by atoms with Crippen LogP contribution in [0.1, 0.15) is 12.0 Å². The van der Waals surface area contributed by atoms with Crippen LogP contribution in [0.4, 0.5) is 0 Å². The van der Waals surface area contributed by atoms with E-state index < -0.39 is 0 Å². The minimum atomic E-state index is -0.238. The molecule has 88 valence electrons. The molecule has 3 heteroatoms. The molecule has 0 aliphatic heterocycles. The van der Waals surface area contributed by atoms with Crippen molar-refractivity contribution in [3.8, 4) is 5.75 Å². The van der Waals surface area contributed by atoms with Crippen LogP contribution in [0.2, 0.25) is 0 Å². The van der Waals surface area contributed by atoms with Crippen molar-refractivity contribution in [1.82, 2.24) is 0 Å². The van der Waals surface area contributed by atoms with Crippen molar-refractivity contribution < 1.29 is 14.6 Å². The molecule has 0 saturated heterocycles. The van der Waals surface area contributed by atoms with Gasteiger partial charge in [-0.05, 0) is 34.9 Å². The molecule has 0 aliphatic rings. The van der Waals surface area contributed by atoms with Gasteiger partial charge in [0.1, 0.15) is 5.75 Å². The topological polar surface area (TPSA) is 46.5 Å². The van der Waals surface area contributed by atoms with Crippen LogP contribution >= 0.6 is 0 Å². The molecular weight excluding hydrogens is 216 g/mol. The highest BCUT2D eigenvalue weighted by Crippen LogP contribution is 2.25. The molecule has 2 aromatic rings. The maximum absolute atomic E-state index is 11.1. The average Bonchev–Trinajstić information content (AvgIpc) is 2.35. The number of carbonyl (C=O) groups is 1. The molecule has 0 heterocycles. The van der Waals surface area contributed by atoms with Crippen LogP contribution in [0.15, 0.2) is 36.4 Å². The predicted octanol–water partition coefficient (Wildman–Crippen LogP) is 2.65. The van der Waals surface area contributed by atoms with E-state index in [2.05, 4.69) is 4.74 Å². The zero-order chi connectivity index (χ0) is 12.3. The molecule has 17 heavy (non-hydrogen) atoms. The number of aryl methyl sites for hydroxylation is 1. The number of aromatic hydroxyl groups is 1. The van der Waals surface area contributed by atoms with E-state index in [1.165, 1.54) is 7.11 Å². The first-order valence-corrected chi connectivity index (χ1v) is 5.48. The summed E-state index contributed by atoms with van der Waals surface area (Å²) in [6.45, 7) is 0. The minimum Gasteiger partial charge on any atom is -0.508 e. The lowest BCUT2D eigenvalue weighted by molar-refractivity contribution is -0.140. The molecule has 3 nitrogen and oxygen atoms in total. The highest BCUT2D eigenvalue weighted by Gasteiger charge is 2.06. The molecule has 1 N–H and O–H groups in total. The summed E-state index contributed by atoms with van der Waals surface area (Å²) in [5.41, 5.74) is 0.964. The van der Waals surface area contributed by atoms with Gasteiger partial charge in [-0.15, -0.1) is 0 Å². The number of hydrogen-bond donors (Lipinski definition) is 1. The fourth-order valence-corrected chi connectivity index (χ4v) is 1.92. The van der Waals surface area contributed by atoms with Crippen LogP contribution in [0.25, 0.3) is 10.8 Å². The van der Waals surface area contributed by atoms with Crippen molar-refractivity contribution in [1.29, 1.82) is 0 Å². The Morgan fingerprint density at radius 2 is 2.06 bits per heavy atom. The third-order valence-electron chi connectivity index (χ3n) is 2.76. The molecule has 0 spiro atoms. The third kappa shape index (κ3) is 2.56. The van der Waals surface area contributed by atoms with Crippen LogP contribution in [-0.2, 0) is 16.0 Å². The summed E-state index contributed by atoms with van der Waals surface area (Å²) in [6, 6.07) is 11.2. The standard InChI is InChI=1S/C14H14O3/c1-17-14(16)7-6-11-9-12(15)8-10-4-2-3-5-13(10)11/h2-5,8-9,15H,6-7H2,1H3. The maximum Gasteiger partial charge on any atom is 0.305 e. The number of benzene rings is 2. The van der Waals surface area contributed by atoms with E-state index in [1.54, 1.807) is 12.1 Å². The van der Waals surface area contributed by atoms with Crippen molar-refractivity contribution in [2.24, 2.45) is 0 Å². The minimum absolute atomic E-state index is 0.226. The molecule has 0 atom stereocenters. The average molecular weight is 230 g/mol. The lowest BCUT2D eigenvalue weighted by Crippen LogP contribution is -2.02. The second-order valence-corrected chi connectivity index (χ2v) is 3.90. The second kappa shape index (κ2) is 4.87. The largest absolute Gasteiger partial charge is 0.508 e. The van der Waals surface area contributed by atoms with E-state index in [0.717, 1.165) is 16.3 Å². The Hall–Kier alpha value is -2.03. The number of carbonyl (C=O) groups excluding carboxylic acids is 1. The van der Waals surface area contributed by atoms with E-state index in [4.69, 9.17) is 0 Å². The smallest absolute Gasteiger partial charge is 0.305 e. The van der Waals surface area contributed by atoms with Crippen LogP contribution in [0, 0.1) is 0 Å². The summed E-state index contributed by atoms with van der Waals surface area (Å²) in [5.74, 6) is -0.0130. The molecule has 2 rings (SSSR count). The van der Waals surface area contributed by atoms with Gasteiger partial charge in [-0.3, -0.25) is 4.79 Å². The molecule has 0 radical (unpaired) electrons. The van der Waals surface area contributed by atoms with Crippen molar-refractivity contribution in [2.75, 3.05) is 7.11 Å². The van der Waals surface area contributed by atoms with Gasteiger partial charge in [0.05, 0.1) is 7.11 Å². The summed E-state index contributed by atoms with van der Waals surface area (Å²) < 4.78 is 4.61. The Bertz CT molecular complexity index is 546. The van der Waals surface area contributed by atoms with Gasteiger partial charge in [-0.1, -0.05) is 24.3 Å². The zero-order valence-corrected chi connectivity index (χ0v) is 9.64. The Morgan fingerprint density at radius 1 is 1.29 bits per heavy atom. The first-order valence-electron chi connectivity index (χ1n) is 5.48. The predicted molar refractivity (Wildman–Crippen MR) is 65.9 cm³/mol.